The molecule has 0 heterocycles. The first kappa shape index (κ1) is 13.4. The Morgan fingerprint density at radius 3 is 2.59 bits per heavy atom. The van der Waals surface area contributed by atoms with Gasteiger partial charge in [-0.25, -0.2) is 0 Å². The molecule has 0 aliphatic carbocycles. The number of ketones is 1. The molecule has 1 aromatic rings. The molecule has 0 fully saturated rings. The van der Waals surface area contributed by atoms with Gasteiger partial charge in [-0.3, -0.25) is 4.79 Å². The minimum atomic E-state index is 0.0942. The highest BCUT2D eigenvalue weighted by atomic mass is 16.1. The maximum Gasteiger partial charge on any atom is 0.159 e. The molecule has 17 heavy (non-hydrogen) atoms. The first-order valence-electron chi connectivity index (χ1n) is 5.83. The summed E-state index contributed by atoms with van der Waals surface area (Å²) in [6.45, 7) is 4.39. The van der Waals surface area contributed by atoms with Crippen LogP contribution in [-0.4, -0.2) is 18.4 Å². The fourth-order valence-electron chi connectivity index (χ4n) is 1.68. The maximum atomic E-state index is 11.1. The van der Waals surface area contributed by atoms with Gasteiger partial charge in [0.2, 0.25) is 0 Å². The van der Waals surface area contributed by atoms with Crippen LogP contribution >= 0.6 is 0 Å². The standard InChI is InChI=1S/C14H18N2O/c1-11(16-9-3-8-15)10-13-4-6-14(7-5-13)12(2)17/h4-7,11,16H,3,9-10H2,1-2H3/t11-/m0/s1. The van der Waals surface area contributed by atoms with Crippen molar-refractivity contribution in [3.8, 4) is 6.07 Å². The van der Waals surface area contributed by atoms with Crippen molar-refractivity contribution in [2.75, 3.05) is 6.54 Å². The minimum absolute atomic E-state index is 0.0942. The lowest BCUT2D eigenvalue weighted by Gasteiger charge is -2.12. The Balaban J connectivity index is 2.46. The van der Waals surface area contributed by atoms with Crippen LogP contribution in [0.25, 0.3) is 0 Å². The first-order chi connectivity index (χ1) is 8.13. The van der Waals surface area contributed by atoms with Gasteiger partial charge in [-0.15, -0.1) is 0 Å². The summed E-state index contributed by atoms with van der Waals surface area (Å²) in [6.07, 6.45) is 1.44. The Morgan fingerprint density at radius 2 is 2.06 bits per heavy atom. The monoisotopic (exact) mass is 230 g/mol. The van der Waals surface area contributed by atoms with E-state index in [1.807, 2.05) is 24.3 Å². The largest absolute Gasteiger partial charge is 0.313 e. The summed E-state index contributed by atoms with van der Waals surface area (Å²) in [5, 5.41) is 11.7. The normalized spacial score (nSPS) is 11.8. The summed E-state index contributed by atoms with van der Waals surface area (Å²) in [5.41, 5.74) is 1.95. The van der Waals surface area contributed by atoms with Gasteiger partial charge in [0.05, 0.1) is 6.07 Å². The lowest BCUT2D eigenvalue weighted by Crippen LogP contribution is -2.28. The molecule has 0 spiro atoms. The third-order valence-corrected chi connectivity index (χ3v) is 2.63. The third kappa shape index (κ3) is 4.80. The molecule has 1 rings (SSSR count). The Hall–Kier alpha value is -1.66. The van der Waals surface area contributed by atoms with Gasteiger partial charge in [0.1, 0.15) is 0 Å². The second kappa shape index (κ2) is 6.82. The summed E-state index contributed by atoms with van der Waals surface area (Å²) in [4.78, 5) is 11.1. The van der Waals surface area contributed by atoms with Crippen molar-refractivity contribution in [1.29, 1.82) is 5.26 Å². The highest BCUT2D eigenvalue weighted by Crippen LogP contribution is 2.07. The van der Waals surface area contributed by atoms with Gasteiger partial charge in [-0.2, -0.15) is 5.26 Å². The molecule has 3 nitrogen and oxygen atoms in total. The van der Waals surface area contributed by atoms with E-state index in [-0.39, 0.29) is 5.78 Å². The topological polar surface area (TPSA) is 52.9 Å². The average molecular weight is 230 g/mol. The van der Waals surface area contributed by atoms with E-state index in [2.05, 4.69) is 18.3 Å². The van der Waals surface area contributed by atoms with Crippen molar-refractivity contribution in [3.05, 3.63) is 35.4 Å². The van der Waals surface area contributed by atoms with Crippen LogP contribution in [0.15, 0.2) is 24.3 Å². The quantitative estimate of drug-likeness (QED) is 0.602. The van der Waals surface area contributed by atoms with Crippen LogP contribution in [0, 0.1) is 11.3 Å². The molecular formula is C14H18N2O. The second-order valence-electron chi connectivity index (χ2n) is 4.22. The van der Waals surface area contributed by atoms with Crippen LogP contribution in [0.2, 0.25) is 0 Å². The number of Topliss-reactive ketones (excluding diaryl/α,β-unsaturated/α-hetero) is 1. The van der Waals surface area contributed by atoms with Gasteiger partial charge in [0, 0.05) is 24.6 Å². The molecule has 0 amide bonds. The smallest absolute Gasteiger partial charge is 0.159 e. The van der Waals surface area contributed by atoms with E-state index >= 15 is 0 Å². The summed E-state index contributed by atoms with van der Waals surface area (Å²) in [6, 6.07) is 10.1. The average Bonchev–Trinajstić information content (AvgIpc) is 2.30. The molecule has 0 saturated heterocycles. The third-order valence-electron chi connectivity index (χ3n) is 2.63. The molecule has 0 unspecified atom stereocenters. The van der Waals surface area contributed by atoms with Gasteiger partial charge in [-0.05, 0) is 25.8 Å². The number of benzene rings is 1. The van der Waals surface area contributed by atoms with Crippen molar-refractivity contribution in [1.82, 2.24) is 5.32 Å². The van der Waals surface area contributed by atoms with E-state index in [9.17, 15) is 4.79 Å². The van der Waals surface area contributed by atoms with Gasteiger partial charge in [-0.1, -0.05) is 24.3 Å². The number of nitrogens with zero attached hydrogens (tertiary/aromatic N) is 1. The van der Waals surface area contributed by atoms with Crippen LogP contribution in [0.4, 0.5) is 0 Å². The van der Waals surface area contributed by atoms with Crippen molar-refractivity contribution >= 4 is 5.78 Å². The molecular weight excluding hydrogens is 212 g/mol. The predicted molar refractivity (Wildman–Crippen MR) is 67.8 cm³/mol. The number of carbonyl (C=O) groups excluding carboxylic acids is 1. The van der Waals surface area contributed by atoms with Crippen LogP contribution in [0.3, 0.4) is 0 Å². The van der Waals surface area contributed by atoms with E-state index in [0.29, 0.717) is 12.5 Å². The molecule has 3 heteroatoms. The lowest BCUT2D eigenvalue weighted by molar-refractivity contribution is 0.101. The van der Waals surface area contributed by atoms with Crippen molar-refractivity contribution in [3.63, 3.8) is 0 Å². The highest BCUT2D eigenvalue weighted by Gasteiger charge is 2.03. The van der Waals surface area contributed by atoms with Crippen LogP contribution in [0.5, 0.6) is 0 Å². The molecule has 90 valence electrons. The van der Waals surface area contributed by atoms with E-state index in [4.69, 9.17) is 5.26 Å². The Bertz CT molecular complexity index is 403. The molecule has 1 atom stereocenters. The van der Waals surface area contributed by atoms with Crippen molar-refractivity contribution < 1.29 is 4.79 Å². The zero-order chi connectivity index (χ0) is 12.7. The van der Waals surface area contributed by atoms with Gasteiger partial charge < -0.3 is 5.32 Å². The number of carbonyl (C=O) groups is 1. The number of hydrogen-bond acceptors (Lipinski definition) is 3. The fourth-order valence-corrected chi connectivity index (χ4v) is 1.68. The predicted octanol–water partition coefficient (Wildman–Crippen LogP) is 2.32. The lowest BCUT2D eigenvalue weighted by atomic mass is 10.0. The maximum absolute atomic E-state index is 11.1. The zero-order valence-electron chi connectivity index (χ0n) is 10.4. The summed E-state index contributed by atoms with van der Waals surface area (Å²) in [7, 11) is 0. The van der Waals surface area contributed by atoms with Crippen molar-refractivity contribution in [2.45, 2.75) is 32.7 Å². The first-order valence-corrected chi connectivity index (χ1v) is 5.83. The summed E-state index contributed by atoms with van der Waals surface area (Å²) < 4.78 is 0. The Morgan fingerprint density at radius 1 is 1.41 bits per heavy atom. The zero-order valence-corrected chi connectivity index (χ0v) is 10.4. The number of rotatable bonds is 6. The van der Waals surface area contributed by atoms with Crippen LogP contribution in [-0.2, 0) is 6.42 Å². The molecule has 0 radical (unpaired) electrons. The number of nitriles is 1. The van der Waals surface area contributed by atoms with Gasteiger partial charge in [0.25, 0.3) is 0 Å². The van der Waals surface area contributed by atoms with Crippen molar-refractivity contribution in [2.24, 2.45) is 0 Å². The number of hydrogen-bond donors (Lipinski definition) is 1. The molecule has 0 aliphatic rings. The van der Waals surface area contributed by atoms with Crippen LogP contribution in [0.1, 0.15) is 36.2 Å². The highest BCUT2D eigenvalue weighted by molar-refractivity contribution is 5.93. The van der Waals surface area contributed by atoms with Crippen LogP contribution < -0.4 is 5.32 Å². The van der Waals surface area contributed by atoms with Gasteiger partial charge >= 0.3 is 0 Å². The Kier molecular flexibility index (Phi) is 5.38. The Labute approximate surface area is 102 Å². The second-order valence-corrected chi connectivity index (χ2v) is 4.22. The molecule has 1 N–H and O–H groups in total. The minimum Gasteiger partial charge on any atom is -0.313 e. The molecule has 0 saturated carbocycles. The van der Waals surface area contributed by atoms with E-state index in [0.717, 1.165) is 18.5 Å². The molecule has 0 aliphatic heterocycles. The molecule has 0 bridgehead atoms. The molecule has 1 aromatic carbocycles. The summed E-state index contributed by atoms with van der Waals surface area (Å²) >= 11 is 0. The van der Waals surface area contributed by atoms with E-state index < -0.39 is 0 Å². The number of nitrogens with one attached hydrogen (secondary N) is 1. The van der Waals surface area contributed by atoms with E-state index in [1.54, 1.807) is 6.92 Å². The SMILES string of the molecule is CC(=O)c1ccc(C[C@H](C)NCCC#N)cc1. The van der Waals surface area contributed by atoms with E-state index in [1.165, 1.54) is 5.56 Å². The molecule has 0 aromatic heterocycles. The summed E-state index contributed by atoms with van der Waals surface area (Å²) in [5.74, 6) is 0.0942. The fraction of sp³-hybridized carbons (Fsp3) is 0.429. The van der Waals surface area contributed by atoms with Gasteiger partial charge in [0.15, 0.2) is 5.78 Å².